The Morgan fingerprint density at radius 2 is 2.18 bits per heavy atom. The summed E-state index contributed by atoms with van der Waals surface area (Å²) in [5.41, 5.74) is 1.52. The lowest BCUT2D eigenvalue weighted by Crippen LogP contribution is -2.14. The van der Waals surface area contributed by atoms with Crippen molar-refractivity contribution in [2.75, 3.05) is 17.9 Å². The fourth-order valence-electron chi connectivity index (χ4n) is 2.81. The largest absolute Gasteiger partial charge is 0.469 e. The third-order valence-corrected chi connectivity index (χ3v) is 5.08. The average Bonchev–Trinajstić information content (AvgIpc) is 3.40. The van der Waals surface area contributed by atoms with Gasteiger partial charge in [-0.3, -0.25) is 9.36 Å². The van der Waals surface area contributed by atoms with Crippen LogP contribution in [0.25, 0.3) is 11.4 Å². The van der Waals surface area contributed by atoms with Crippen LogP contribution >= 0.6 is 11.8 Å². The first-order valence-corrected chi connectivity index (χ1v) is 9.55. The van der Waals surface area contributed by atoms with E-state index < -0.39 is 0 Å². The molecule has 1 aliphatic heterocycles. The van der Waals surface area contributed by atoms with Gasteiger partial charge in [-0.1, -0.05) is 17.8 Å². The van der Waals surface area contributed by atoms with Crippen molar-refractivity contribution < 1.29 is 18.7 Å². The van der Waals surface area contributed by atoms with Crippen molar-refractivity contribution >= 4 is 23.4 Å². The number of allylic oxidation sites excluding steroid dienone is 1. The number of nitrogens with one attached hydrogen (secondary N) is 1. The Hall–Kier alpha value is -3.20. The Morgan fingerprint density at radius 1 is 1.32 bits per heavy atom. The Balaban J connectivity index is 1.44. The Labute approximate surface area is 165 Å². The summed E-state index contributed by atoms with van der Waals surface area (Å²) in [7, 11) is 0. The molecule has 1 N–H and O–H groups in total. The van der Waals surface area contributed by atoms with Gasteiger partial charge in [0.15, 0.2) is 22.5 Å². The predicted molar refractivity (Wildman–Crippen MR) is 105 cm³/mol. The van der Waals surface area contributed by atoms with Crippen LogP contribution in [0.2, 0.25) is 0 Å². The highest BCUT2D eigenvalue weighted by Crippen LogP contribution is 2.34. The number of amides is 1. The first kappa shape index (κ1) is 18.2. The molecule has 3 aromatic rings. The summed E-state index contributed by atoms with van der Waals surface area (Å²) in [6.07, 6.45) is 3.38. The molecule has 0 fully saturated rings. The number of aryl methyl sites for hydroxylation is 1. The standard InChI is InChI=1S/C19H18N4O4S/c1-3-7-23-18(14-6-8-25-12(14)2)21-22-19(23)28-10-17(24)20-13-4-5-15-16(9-13)27-11-26-15/h3-6,8-9H,1,7,10-11H2,2H3,(H,20,24). The van der Waals surface area contributed by atoms with Crippen molar-refractivity contribution in [2.24, 2.45) is 0 Å². The van der Waals surface area contributed by atoms with Gasteiger partial charge in [0.25, 0.3) is 0 Å². The van der Waals surface area contributed by atoms with Gasteiger partial charge in [0.1, 0.15) is 5.76 Å². The molecule has 144 valence electrons. The van der Waals surface area contributed by atoms with Crippen LogP contribution in [0.3, 0.4) is 0 Å². The van der Waals surface area contributed by atoms with Crippen LogP contribution in [0.4, 0.5) is 5.69 Å². The highest BCUT2D eigenvalue weighted by molar-refractivity contribution is 7.99. The lowest BCUT2D eigenvalue weighted by molar-refractivity contribution is -0.113. The molecule has 1 aromatic carbocycles. The van der Waals surface area contributed by atoms with E-state index in [1.54, 1.807) is 30.5 Å². The molecule has 0 bridgehead atoms. The highest BCUT2D eigenvalue weighted by Gasteiger charge is 2.18. The number of carbonyl (C=O) groups is 1. The summed E-state index contributed by atoms with van der Waals surface area (Å²) in [5, 5.41) is 12.0. The number of benzene rings is 1. The quantitative estimate of drug-likeness (QED) is 0.481. The molecule has 0 unspecified atom stereocenters. The van der Waals surface area contributed by atoms with E-state index in [0.717, 1.165) is 11.3 Å². The molecule has 0 saturated carbocycles. The van der Waals surface area contributed by atoms with Crippen molar-refractivity contribution in [1.29, 1.82) is 0 Å². The van der Waals surface area contributed by atoms with Crippen molar-refractivity contribution in [2.45, 2.75) is 18.6 Å². The number of carbonyl (C=O) groups excluding carboxylic acids is 1. The molecule has 0 atom stereocenters. The second-order valence-electron chi connectivity index (χ2n) is 6.00. The van der Waals surface area contributed by atoms with E-state index in [2.05, 4.69) is 22.1 Å². The van der Waals surface area contributed by atoms with Gasteiger partial charge in [-0.25, -0.2) is 0 Å². The summed E-state index contributed by atoms with van der Waals surface area (Å²) >= 11 is 1.31. The maximum absolute atomic E-state index is 12.3. The van der Waals surface area contributed by atoms with E-state index in [1.807, 2.05) is 17.6 Å². The van der Waals surface area contributed by atoms with E-state index in [9.17, 15) is 4.79 Å². The first-order valence-electron chi connectivity index (χ1n) is 8.56. The predicted octanol–water partition coefficient (Wildman–Crippen LogP) is 3.49. The van der Waals surface area contributed by atoms with Crippen molar-refractivity contribution in [1.82, 2.24) is 14.8 Å². The Morgan fingerprint density at radius 3 is 2.96 bits per heavy atom. The lowest BCUT2D eigenvalue weighted by Gasteiger charge is -2.08. The van der Waals surface area contributed by atoms with Gasteiger partial charge in [0, 0.05) is 18.3 Å². The fraction of sp³-hybridized carbons (Fsp3) is 0.211. The maximum atomic E-state index is 12.3. The van der Waals surface area contributed by atoms with E-state index in [4.69, 9.17) is 13.9 Å². The molecule has 0 aliphatic carbocycles. The van der Waals surface area contributed by atoms with E-state index >= 15 is 0 Å². The Bertz CT molecular complexity index is 1030. The molecule has 0 radical (unpaired) electrons. The van der Waals surface area contributed by atoms with Gasteiger partial charge in [-0.15, -0.1) is 16.8 Å². The summed E-state index contributed by atoms with van der Waals surface area (Å²) < 4.78 is 17.9. The molecule has 4 rings (SSSR count). The summed E-state index contributed by atoms with van der Waals surface area (Å²) in [4.78, 5) is 12.3. The number of aromatic nitrogens is 3. The van der Waals surface area contributed by atoms with Gasteiger partial charge in [-0.05, 0) is 25.1 Å². The zero-order valence-electron chi connectivity index (χ0n) is 15.2. The Kier molecular flexibility index (Phi) is 5.07. The normalized spacial score (nSPS) is 12.2. The molecule has 28 heavy (non-hydrogen) atoms. The molecule has 3 heterocycles. The number of nitrogens with zero attached hydrogens (tertiary/aromatic N) is 3. The van der Waals surface area contributed by atoms with Gasteiger partial charge in [-0.2, -0.15) is 0 Å². The molecular weight excluding hydrogens is 380 g/mol. The number of rotatable bonds is 7. The van der Waals surface area contributed by atoms with Gasteiger partial charge >= 0.3 is 0 Å². The minimum Gasteiger partial charge on any atom is -0.469 e. The van der Waals surface area contributed by atoms with Gasteiger partial charge in [0.2, 0.25) is 12.7 Å². The number of thioether (sulfide) groups is 1. The molecule has 0 saturated heterocycles. The van der Waals surface area contributed by atoms with Crippen molar-refractivity contribution in [3.63, 3.8) is 0 Å². The van der Waals surface area contributed by atoms with Crippen LogP contribution in [0.1, 0.15) is 5.76 Å². The molecule has 1 amide bonds. The molecule has 9 heteroatoms. The number of ether oxygens (including phenoxy) is 2. The molecule has 0 spiro atoms. The molecule has 1 aliphatic rings. The van der Waals surface area contributed by atoms with E-state index in [0.29, 0.717) is 34.7 Å². The number of hydrogen-bond donors (Lipinski definition) is 1. The van der Waals surface area contributed by atoms with Crippen molar-refractivity contribution in [3.8, 4) is 22.9 Å². The number of anilines is 1. The van der Waals surface area contributed by atoms with Crippen LogP contribution in [0, 0.1) is 6.92 Å². The van der Waals surface area contributed by atoms with Crippen LogP contribution in [-0.4, -0.2) is 33.2 Å². The second kappa shape index (κ2) is 7.81. The maximum Gasteiger partial charge on any atom is 0.234 e. The zero-order chi connectivity index (χ0) is 19.5. The van der Waals surface area contributed by atoms with Gasteiger partial charge < -0.3 is 19.2 Å². The molecule has 8 nitrogen and oxygen atoms in total. The van der Waals surface area contributed by atoms with Crippen molar-refractivity contribution in [3.05, 3.63) is 48.9 Å². The monoisotopic (exact) mass is 398 g/mol. The first-order chi connectivity index (χ1) is 13.7. The third kappa shape index (κ3) is 3.61. The van der Waals surface area contributed by atoms with E-state index in [-0.39, 0.29) is 18.5 Å². The minimum absolute atomic E-state index is 0.155. The van der Waals surface area contributed by atoms with Gasteiger partial charge in [0.05, 0.1) is 17.6 Å². The number of hydrogen-bond acceptors (Lipinski definition) is 7. The van der Waals surface area contributed by atoms with Crippen LogP contribution in [-0.2, 0) is 11.3 Å². The molecular formula is C19H18N4O4S. The highest BCUT2D eigenvalue weighted by atomic mass is 32.2. The summed E-state index contributed by atoms with van der Waals surface area (Å²) in [6.45, 7) is 6.38. The fourth-order valence-corrected chi connectivity index (χ4v) is 3.55. The molecule has 2 aromatic heterocycles. The zero-order valence-corrected chi connectivity index (χ0v) is 16.0. The summed E-state index contributed by atoms with van der Waals surface area (Å²) in [5.74, 6) is 2.77. The lowest BCUT2D eigenvalue weighted by atomic mass is 10.2. The SMILES string of the molecule is C=CCn1c(SCC(=O)Nc2ccc3c(c2)OCO3)nnc1-c1ccoc1C. The van der Waals surface area contributed by atoms with Crippen LogP contribution in [0.5, 0.6) is 11.5 Å². The number of fused-ring (bicyclic) bond motifs is 1. The van der Waals surface area contributed by atoms with Crippen LogP contribution < -0.4 is 14.8 Å². The summed E-state index contributed by atoms with van der Waals surface area (Å²) in [6, 6.07) is 7.13. The minimum atomic E-state index is -0.155. The third-order valence-electron chi connectivity index (χ3n) is 4.12. The number of furan rings is 1. The average molecular weight is 398 g/mol. The van der Waals surface area contributed by atoms with E-state index in [1.165, 1.54) is 11.8 Å². The smallest absolute Gasteiger partial charge is 0.234 e. The van der Waals surface area contributed by atoms with Crippen LogP contribution in [0.15, 0.2) is 52.8 Å². The topological polar surface area (TPSA) is 91.4 Å². The second-order valence-corrected chi connectivity index (χ2v) is 6.94.